The number of hydrogen-bond donors (Lipinski definition) is 1. The van der Waals surface area contributed by atoms with Crippen molar-refractivity contribution >= 4 is 18.3 Å². The van der Waals surface area contributed by atoms with Gasteiger partial charge >= 0.3 is 0 Å². The smallest absolute Gasteiger partial charge is 0.254 e. The van der Waals surface area contributed by atoms with Crippen molar-refractivity contribution in [3.05, 3.63) is 47.0 Å². The van der Waals surface area contributed by atoms with Crippen LogP contribution in [-0.4, -0.2) is 45.8 Å². The fourth-order valence-corrected chi connectivity index (χ4v) is 3.19. The van der Waals surface area contributed by atoms with Gasteiger partial charge in [-0.3, -0.25) is 4.79 Å². The number of aryl methyl sites for hydroxylation is 2. The van der Waals surface area contributed by atoms with E-state index >= 15 is 0 Å². The highest BCUT2D eigenvalue weighted by molar-refractivity contribution is 5.94. The van der Waals surface area contributed by atoms with E-state index in [2.05, 4.69) is 17.3 Å². The van der Waals surface area contributed by atoms with E-state index < -0.39 is 5.82 Å². The first-order valence-corrected chi connectivity index (χ1v) is 8.26. The minimum atomic E-state index is -0.442. The molecule has 1 aliphatic rings. The molecule has 0 aliphatic carbocycles. The molecule has 5 nitrogen and oxygen atoms in total. The molecule has 2 aromatic rings. The lowest BCUT2D eigenvalue weighted by atomic mass is 10.0. The third-order valence-electron chi connectivity index (χ3n) is 4.73. The molecule has 2 heterocycles. The molecule has 25 heavy (non-hydrogen) atoms. The minimum absolute atomic E-state index is 0. The SMILES string of the molecule is Cc1cc(C)n(-c2ccc(C(=O)N3CCNC(C)C3C)cc2F)n1.Cl. The van der Waals surface area contributed by atoms with Crippen LogP contribution < -0.4 is 5.32 Å². The van der Waals surface area contributed by atoms with Crippen LogP contribution in [0.4, 0.5) is 4.39 Å². The molecule has 2 atom stereocenters. The molecular formula is C18H24ClFN4O. The molecule has 2 unspecified atom stereocenters. The molecule has 136 valence electrons. The maximum absolute atomic E-state index is 14.6. The normalized spacial score (nSPS) is 20.3. The number of hydrogen-bond acceptors (Lipinski definition) is 3. The summed E-state index contributed by atoms with van der Waals surface area (Å²) in [4.78, 5) is 14.5. The summed E-state index contributed by atoms with van der Waals surface area (Å²) in [7, 11) is 0. The lowest BCUT2D eigenvalue weighted by molar-refractivity contribution is 0.0602. The molecule has 1 N–H and O–H groups in total. The van der Waals surface area contributed by atoms with E-state index in [4.69, 9.17) is 0 Å². The number of carbonyl (C=O) groups is 1. The van der Waals surface area contributed by atoms with Gasteiger partial charge in [0.2, 0.25) is 0 Å². The van der Waals surface area contributed by atoms with Gasteiger partial charge in [0, 0.05) is 36.4 Å². The number of benzene rings is 1. The zero-order valence-corrected chi connectivity index (χ0v) is 15.7. The van der Waals surface area contributed by atoms with Gasteiger partial charge in [-0.1, -0.05) is 0 Å². The molecule has 1 aromatic heterocycles. The van der Waals surface area contributed by atoms with E-state index in [1.54, 1.807) is 21.7 Å². The summed E-state index contributed by atoms with van der Waals surface area (Å²) in [6.45, 7) is 9.19. The lowest BCUT2D eigenvalue weighted by Crippen LogP contribution is -2.57. The van der Waals surface area contributed by atoms with Crippen LogP contribution >= 0.6 is 12.4 Å². The van der Waals surface area contributed by atoms with E-state index in [9.17, 15) is 9.18 Å². The summed E-state index contributed by atoms with van der Waals surface area (Å²) >= 11 is 0. The molecule has 1 fully saturated rings. The van der Waals surface area contributed by atoms with Crippen LogP contribution in [-0.2, 0) is 0 Å². The van der Waals surface area contributed by atoms with Crippen molar-refractivity contribution in [3.63, 3.8) is 0 Å². The van der Waals surface area contributed by atoms with E-state index in [0.29, 0.717) is 17.8 Å². The summed E-state index contributed by atoms with van der Waals surface area (Å²) in [5.74, 6) is -0.572. The zero-order valence-electron chi connectivity index (χ0n) is 14.9. The Balaban J connectivity index is 0.00000225. The second-order valence-electron chi connectivity index (χ2n) is 6.49. The van der Waals surface area contributed by atoms with Crippen LogP contribution in [0.3, 0.4) is 0 Å². The van der Waals surface area contributed by atoms with Crippen LogP contribution in [0.15, 0.2) is 24.3 Å². The summed E-state index contributed by atoms with van der Waals surface area (Å²) in [6, 6.07) is 6.80. The Kier molecular flexibility index (Phi) is 5.85. The monoisotopic (exact) mass is 366 g/mol. The maximum Gasteiger partial charge on any atom is 0.254 e. The highest BCUT2D eigenvalue weighted by atomic mass is 35.5. The van der Waals surface area contributed by atoms with Crippen LogP contribution in [0, 0.1) is 19.7 Å². The first-order valence-electron chi connectivity index (χ1n) is 8.26. The van der Waals surface area contributed by atoms with Crippen molar-refractivity contribution in [2.24, 2.45) is 0 Å². The van der Waals surface area contributed by atoms with Crippen LogP contribution in [0.5, 0.6) is 0 Å². The Bertz CT molecular complexity index is 776. The number of nitrogens with one attached hydrogen (secondary N) is 1. The number of aromatic nitrogens is 2. The molecule has 0 bridgehead atoms. The minimum Gasteiger partial charge on any atom is -0.333 e. The lowest BCUT2D eigenvalue weighted by Gasteiger charge is -2.38. The predicted octanol–water partition coefficient (Wildman–Crippen LogP) is 2.87. The maximum atomic E-state index is 14.6. The first-order chi connectivity index (χ1) is 11.4. The van der Waals surface area contributed by atoms with Gasteiger partial charge in [-0.25, -0.2) is 9.07 Å². The average molecular weight is 367 g/mol. The number of halogens is 2. The molecule has 0 radical (unpaired) electrons. The highest BCUT2D eigenvalue weighted by Crippen LogP contribution is 2.20. The number of piperazine rings is 1. The van der Waals surface area contributed by atoms with Gasteiger partial charge in [0.25, 0.3) is 5.91 Å². The van der Waals surface area contributed by atoms with Gasteiger partial charge in [-0.2, -0.15) is 5.10 Å². The Morgan fingerprint density at radius 3 is 2.60 bits per heavy atom. The quantitative estimate of drug-likeness (QED) is 0.889. The second-order valence-corrected chi connectivity index (χ2v) is 6.49. The van der Waals surface area contributed by atoms with Crippen molar-refractivity contribution in [1.82, 2.24) is 20.0 Å². The Hall–Kier alpha value is -1.92. The molecule has 0 spiro atoms. The predicted molar refractivity (Wildman–Crippen MR) is 98.2 cm³/mol. The molecular weight excluding hydrogens is 343 g/mol. The number of nitrogens with zero attached hydrogens (tertiary/aromatic N) is 3. The van der Waals surface area contributed by atoms with Crippen LogP contribution in [0.2, 0.25) is 0 Å². The fourth-order valence-electron chi connectivity index (χ4n) is 3.19. The van der Waals surface area contributed by atoms with Crippen molar-refractivity contribution in [2.45, 2.75) is 39.8 Å². The van der Waals surface area contributed by atoms with Gasteiger partial charge < -0.3 is 10.2 Å². The number of rotatable bonds is 2. The summed E-state index contributed by atoms with van der Waals surface area (Å²) in [6.07, 6.45) is 0. The Labute approximate surface area is 153 Å². The van der Waals surface area contributed by atoms with Crippen molar-refractivity contribution in [2.75, 3.05) is 13.1 Å². The van der Waals surface area contributed by atoms with Crippen LogP contribution in [0.25, 0.3) is 5.69 Å². The zero-order chi connectivity index (χ0) is 17.4. The third-order valence-corrected chi connectivity index (χ3v) is 4.73. The van der Waals surface area contributed by atoms with Crippen molar-refractivity contribution in [1.29, 1.82) is 0 Å². The van der Waals surface area contributed by atoms with E-state index in [1.807, 2.05) is 26.8 Å². The van der Waals surface area contributed by atoms with Gasteiger partial charge in [-0.15, -0.1) is 12.4 Å². The molecule has 1 aliphatic heterocycles. The topological polar surface area (TPSA) is 50.2 Å². The first kappa shape index (κ1) is 19.4. The van der Waals surface area contributed by atoms with E-state index in [0.717, 1.165) is 17.9 Å². The molecule has 1 saturated heterocycles. The molecule has 0 saturated carbocycles. The molecule has 1 amide bonds. The standard InChI is InChI=1S/C18H23FN4O.ClH/c1-11-9-12(2)23(21-11)17-6-5-15(10-16(17)19)18(24)22-8-7-20-13(3)14(22)4;/h5-6,9-10,13-14,20H,7-8H2,1-4H3;1H. The largest absolute Gasteiger partial charge is 0.333 e. The van der Waals surface area contributed by atoms with Crippen molar-refractivity contribution < 1.29 is 9.18 Å². The highest BCUT2D eigenvalue weighted by Gasteiger charge is 2.29. The fraction of sp³-hybridized carbons (Fsp3) is 0.444. The summed E-state index contributed by atoms with van der Waals surface area (Å²) < 4.78 is 16.1. The molecule has 1 aromatic carbocycles. The molecule has 7 heteroatoms. The Morgan fingerprint density at radius 2 is 2.00 bits per heavy atom. The van der Waals surface area contributed by atoms with Gasteiger partial charge in [0.15, 0.2) is 0 Å². The Morgan fingerprint density at radius 1 is 1.28 bits per heavy atom. The number of amides is 1. The molecule has 3 rings (SSSR count). The van der Waals surface area contributed by atoms with Gasteiger partial charge in [0.05, 0.1) is 5.69 Å². The van der Waals surface area contributed by atoms with Gasteiger partial charge in [-0.05, 0) is 52.0 Å². The van der Waals surface area contributed by atoms with E-state index in [1.165, 1.54) is 6.07 Å². The van der Waals surface area contributed by atoms with E-state index in [-0.39, 0.29) is 30.4 Å². The van der Waals surface area contributed by atoms with Crippen LogP contribution in [0.1, 0.15) is 35.6 Å². The number of carbonyl (C=O) groups excluding carboxylic acids is 1. The van der Waals surface area contributed by atoms with Crippen molar-refractivity contribution in [3.8, 4) is 5.69 Å². The summed E-state index contributed by atoms with van der Waals surface area (Å²) in [5, 5.41) is 7.64. The average Bonchev–Trinajstić information content (AvgIpc) is 2.87. The summed E-state index contributed by atoms with van der Waals surface area (Å²) in [5.41, 5.74) is 2.42. The second kappa shape index (κ2) is 7.54. The third kappa shape index (κ3) is 3.70. The van der Waals surface area contributed by atoms with Gasteiger partial charge in [0.1, 0.15) is 11.5 Å².